The molecule has 2 fully saturated rings. The van der Waals surface area contributed by atoms with Crippen molar-refractivity contribution in [3.63, 3.8) is 0 Å². The Balaban J connectivity index is 1.63. The second kappa shape index (κ2) is 6.91. The highest BCUT2D eigenvalue weighted by atomic mass is 79.9. The minimum atomic E-state index is -3.63. The maximum atomic E-state index is 13.0. The Hall–Kier alpha value is -0.920. The summed E-state index contributed by atoms with van der Waals surface area (Å²) in [4.78, 5) is 14.5. The fourth-order valence-electron chi connectivity index (χ4n) is 4.13. The summed E-state index contributed by atoms with van der Waals surface area (Å²) in [7, 11) is -3.63. The molecule has 26 heavy (non-hydrogen) atoms. The predicted octanol–water partition coefficient (Wildman–Crippen LogP) is 3.61. The fourth-order valence-corrected chi connectivity index (χ4v) is 6.62. The molecule has 5 nitrogen and oxygen atoms in total. The molecule has 1 aromatic carbocycles. The van der Waals surface area contributed by atoms with E-state index in [1.54, 1.807) is 11.0 Å². The van der Waals surface area contributed by atoms with Gasteiger partial charge in [-0.1, -0.05) is 19.8 Å². The number of sulfonamides is 1. The van der Waals surface area contributed by atoms with Crippen LogP contribution in [0, 0.1) is 11.8 Å². The summed E-state index contributed by atoms with van der Waals surface area (Å²) < 4.78 is 29.6. The topological polar surface area (TPSA) is 66.5 Å². The van der Waals surface area contributed by atoms with Crippen molar-refractivity contribution >= 4 is 37.5 Å². The van der Waals surface area contributed by atoms with Crippen LogP contribution in [0.3, 0.4) is 0 Å². The van der Waals surface area contributed by atoms with E-state index in [2.05, 4.69) is 27.6 Å². The lowest BCUT2D eigenvalue weighted by atomic mass is 9.87. The van der Waals surface area contributed by atoms with E-state index in [4.69, 9.17) is 0 Å². The average molecular weight is 441 g/mol. The molecule has 2 atom stereocenters. The van der Waals surface area contributed by atoms with Crippen molar-refractivity contribution in [2.45, 2.75) is 62.8 Å². The normalized spacial score (nSPS) is 26.0. The maximum Gasteiger partial charge on any atom is 0.242 e. The number of fused-ring (bicyclic) bond motifs is 1. The molecule has 0 radical (unpaired) electrons. The van der Waals surface area contributed by atoms with E-state index in [1.807, 2.05) is 6.07 Å². The number of halogens is 1. The highest BCUT2D eigenvalue weighted by Gasteiger charge is 2.37. The Kier molecular flexibility index (Phi) is 4.90. The zero-order valence-corrected chi connectivity index (χ0v) is 17.4. The van der Waals surface area contributed by atoms with Crippen LogP contribution < -0.4 is 9.62 Å². The van der Waals surface area contributed by atoms with E-state index in [1.165, 1.54) is 6.42 Å². The number of carbonyl (C=O) groups excluding carboxylic acids is 1. The number of amides is 1. The van der Waals surface area contributed by atoms with Crippen LogP contribution in [-0.2, 0) is 21.2 Å². The summed E-state index contributed by atoms with van der Waals surface area (Å²) in [6.07, 6.45) is 6.85. The van der Waals surface area contributed by atoms with Crippen molar-refractivity contribution in [2.75, 3.05) is 11.4 Å². The van der Waals surface area contributed by atoms with Gasteiger partial charge in [0.15, 0.2) is 0 Å². The Morgan fingerprint density at radius 2 is 1.92 bits per heavy atom. The zero-order chi connectivity index (χ0) is 18.5. The maximum absolute atomic E-state index is 13.0. The Morgan fingerprint density at radius 1 is 1.19 bits per heavy atom. The number of nitrogens with one attached hydrogen (secondary N) is 1. The standard InChI is InChI=1S/C19H25BrN2O3S/c1-12-4-2-3-5-16(12)21-26(24,25)18-11-17-14(10-15(18)20)8-9-22(17)19(23)13-6-7-13/h10-13,16,21H,2-9H2,1H3/t12-,16+/m1/s1. The van der Waals surface area contributed by atoms with Crippen LogP contribution in [0.4, 0.5) is 5.69 Å². The van der Waals surface area contributed by atoms with Crippen LogP contribution in [0.15, 0.2) is 21.5 Å². The Labute approximate surface area is 163 Å². The smallest absolute Gasteiger partial charge is 0.242 e. The highest BCUT2D eigenvalue weighted by Crippen LogP contribution is 2.39. The number of nitrogens with zero attached hydrogens (tertiary/aromatic N) is 1. The van der Waals surface area contributed by atoms with Gasteiger partial charge in [0, 0.05) is 28.7 Å². The quantitative estimate of drug-likeness (QED) is 0.777. The lowest BCUT2D eigenvalue weighted by molar-refractivity contribution is -0.119. The summed E-state index contributed by atoms with van der Waals surface area (Å²) in [6, 6.07) is 3.54. The van der Waals surface area contributed by atoms with Crippen molar-refractivity contribution in [3.05, 3.63) is 22.2 Å². The molecule has 7 heteroatoms. The summed E-state index contributed by atoms with van der Waals surface area (Å²) in [5.41, 5.74) is 1.80. The SMILES string of the molecule is C[C@@H]1CCCC[C@@H]1NS(=O)(=O)c1cc2c(cc1Br)CCN2C(=O)C1CC1. The number of hydrogen-bond acceptors (Lipinski definition) is 3. The van der Waals surface area contributed by atoms with Gasteiger partial charge in [0.25, 0.3) is 0 Å². The van der Waals surface area contributed by atoms with E-state index < -0.39 is 10.0 Å². The van der Waals surface area contributed by atoms with Gasteiger partial charge in [-0.2, -0.15) is 0 Å². The summed E-state index contributed by atoms with van der Waals surface area (Å²) in [5.74, 6) is 0.619. The van der Waals surface area contributed by atoms with Gasteiger partial charge < -0.3 is 4.90 Å². The van der Waals surface area contributed by atoms with Crippen LogP contribution in [0.2, 0.25) is 0 Å². The minimum Gasteiger partial charge on any atom is -0.312 e. The first-order valence-electron chi connectivity index (χ1n) is 9.53. The number of rotatable bonds is 4. The molecule has 0 saturated heterocycles. The molecular formula is C19H25BrN2O3S. The van der Waals surface area contributed by atoms with Crippen molar-refractivity contribution in [3.8, 4) is 0 Å². The molecule has 1 N–H and O–H groups in total. The van der Waals surface area contributed by atoms with Gasteiger partial charge in [0.05, 0.1) is 4.90 Å². The molecule has 4 rings (SSSR count). The average Bonchev–Trinajstić information content (AvgIpc) is 3.36. The molecule has 142 valence electrons. The van der Waals surface area contributed by atoms with Crippen LogP contribution in [0.5, 0.6) is 0 Å². The number of benzene rings is 1. The fraction of sp³-hybridized carbons (Fsp3) is 0.632. The summed E-state index contributed by atoms with van der Waals surface area (Å²) in [6.45, 7) is 2.76. The minimum absolute atomic E-state index is 0.0156. The van der Waals surface area contributed by atoms with E-state index >= 15 is 0 Å². The lowest BCUT2D eigenvalue weighted by Gasteiger charge is -2.29. The first-order chi connectivity index (χ1) is 12.4. The number of hydrogen-bond donors (Lipinski definition) is 1. The van der Waals surface area contributed by atoms with E-state index in [0.29, 0.717) is 16.9 Å². The highest BCUT2D eigenvalue weighted by molar-refractivity contribution is 9.10. The monoisotopic (exact) mass is 440 g/mol. The molecule has 3 aliphatic rings. The molecule has 0 bridgehead atoms. The van der Waals surface area contributed by atoms with Gasteiger partial charge in [0.1, 0.15) is 0 Å². The molecule has 1 heterocycles. The molecule has 2 aliphatic carbocycles. The van der Waals surface area contributed by atoms with Crippen molar-refractivity contribution in [1.82, 2.24) is 4.72 Å². The molecule has 0 aromatic heterocycles. The third-order valence-corrected chi connectivity index (χ3v) is 8.38. The second-order valence-electron chi connectivity index (χ2n) is 7.92. The number of carbonyl (C=O) groups is 1. The van der Waals surface area contributed by atoms with Crippen LogP contribution in [0.1, 0.15) is 51.0 Å². The molecule has 1 aromatic rings. The van der Waals surface area contributed by atoms with E-state index in [-0.39, 0.29) is 22.8 Å². The van der Waals surface area contributed by atoms with E-state index in [0.717, 1.165) is 49.8 Å². The van der Waals surface area contributed by atoms with Crippen LogP contribution >= 0.6 is 15.9 Å². The van der Waals surface area contributed by atoms with Crippen LogP contribution in [0.25, 0.3) is 0 Å². The molecular weight excluding hydrogens is 416 g/mol. The second-order valence-corrected chi connectivity index (χ2v) is 10.5. The van der Waals surface area contributed by atoms with Gasteiger partial charge in [0.2, 0.25) is 15.9 Å². The van der Waals surface area contributed by atoms with Gasteiger partial charge in [-0.15, -0.1) is 0 Å². The largest absolute Gasteiger partial charge is 0.312 e. The van der Waals surface area contributed by atoms with Gasteiger partial charge in [-0.25, -0.2) is 13.1 Å². The first-order valence-corrected chi connectivity index (χ1v) is 11.8. The van der Waals surface area contributed by atoms with Crippen LogP contribution in [-0.4, -0.2) is 26.9 Å². The number of anilines is 1. The van der Waals surface area contributed by atoms with Gasteiger partial charge in [-0.3, -0.25) is 4.79 Å². The molecule has 0 unspecified atom stereocenters. The third kappa shape index (κ3) is 3.45. The van der Waals surface area contributed by atoms with Crippen molar-refractivity contribution < 1.29 is 13.2 Å². The molecule has 0 spiro atoms. The Morgan fingerprint density at radius 3 is 2.62 bits per heavy atom. The van der Waals surface area contributed by atoms with Gasteiger partial charge >= 0.3 is 0 Å². The first kappa shape index (κ1) is 18.4. The predicted molar refractivity (Wildman–Crippen MR) is 105 cm³/mol. The molecule has 1 aliphatic heterocycles. The lowest BCUT2D eigenvalue weighted by Crippen LogP contribution is -2.41. The van der Waals surface area contributed by atoms with Crippen molar-refractivity contribution in [2.24, 2.45) is 11.8 Å². The summed E-state index contributed by atoms with van der Waals surface area (Å²) >= 11 is 3.44. The molecule has 2 saturated carbocycles. The Bertz CT molecular complexity index is 835. The van der Waals surface area contributed by atoms with E-state index in [9.17, 15) is 13.2 Å². The molecule has 1 amide bonds. The summed E-state index contributed by atoms with van der Waals surface area (Å²) in [5, 5.41) is 0. The van der Waals surface area contributed by atoms with Crippen molar-refractivity contribution in [1.29, 1.82) is 0 Å². The third-order valence-electron chi connectivity index (χ3n) is 5.93. The van der Waals surface area contributed by atoms with Gasteiger partial charge in [-0.05, 0) is 71.6 Å². The zero-order valence-electron chi connectivity index (χ0n) is 15.0.